The maximum atomic E-state index is 11.7. The molecule has 1 unspecified atom stereocenters. The lowest BCUT2D eigenvalue weighted by molar-refractivity contribution is -0.130. The summed E-state index contributed by atoms with van der Waals surface area (Å²) in [5, 5.41) is 4.69. The van der Waals surface area contributed by atoms with Gasteiger partial charge in [-0.05, 0) is 37.1 Å². The van der Waals surface area contributed by atoms with E-state index in [9.17, 15) is 4.79 Å². The van der Waals surface area contributed by atoms with Crippen molar-refractivity contribution in [2.24, 2.45) is 5.73 Å². The fourth-order valence-corrected chi connectivity index (χ4v) is 2.78. The number of carbonyl (C=O) groups excluding carboxylic acids is 1. The van der Waals surface area contributed by atoms with E-state index in [0.717, 1.165) is 24.9 Å². The molecule has 1 aromatic heterocycles. The van der Waals surface area contributed by atoms with Crippen LogP contribution < -0.4 is 5.73 Å². The number of benzene rings is 1. The lowest BCUT2D eigenvalue weighted by atomic mass is 9.98. The van der Waals surface area contributed by atoms with Crippen molar-refractivity contribution in [3.05, 3.63) is 35.2 Å². The number of nitrogens with zero attached hydrogens (tertiary/aromatic N) is 3. The van der Waals surface area contributed by atoms with Crippen LogP contribution in [0.2, 0.25) is 5.02 Å². The molecule has 0 saturated carbocycles. The maximum absolute atomic E-state index is 11.7. The van der Waals surface area contributed by atoms with E-state index in [1.165, 1.54) is 0 Å². The van der Waals surface area contributed by atoms with Gasteiger partial charge in [-0.2, -0.15) is 4.98 Å². The summed E-state index contributed by atoms with van der Waals surface area (Å²) < 4.78 is 5.39. The molecule has 1 fully saturated rings. The van der Waals surface area contributed by atoms with Crippen LogP contribution in [0.3, 0.4) is 0 Å². The number of amides is 1. The second-order valence-electron chi connectivity index (χ2n) is 5.35. The molecule has 3 rings (SSSR count). The lowest BCUT2D eigenvalue weighted by Crippen LogP contribution is -2.42. The number of halogens is 2. The highest BCUT2D eigenvalue weighted by Crippen LogP contribution is 2.27. The van der Waals surface area contributed by atoms with Crippen molar-refractivity contribution in [2.45, 2.75) is 18.8 Å². The summed E-state index contributed by atoms with van der Waals surface area (Å²) >= 11 is 5.87. The molecule has 23 heavy (non-hydrogen) atoms. The minimum atomic E-state index is -0.0397. The van der Waals surface area contributed by atoms with Crippen LogP contribution in [-0.2, 0) is 4.79 Å². The monoisotopic (exact) mass is 356 g/mol. The molecule has 1 atom stereocenters. The van der Waals surface area contributed by atoms with Gasteiger partial charge in [0.1, 0.15) is 0 Å². The molecule has 0 radical (unpaired) electrons. The van der Waals surface area contributed by atoms with E-state index in [1.54, 1.807) is 17.0 Å². The van der Waals surface area contributed by atoms with Gasteiger partial charge in [0.15, 0.2) is 0 Å². The zero-order chi connectivity index (χ0) is 15.5. The number of hydrogen-bond acceptors (Lipinski definition) is 5. The molecule has 8 heteroatoms. The smallest absolute Gasteiger partial charge is 0.236 e. The Morgan fingerprint density at radius 1 is 1.39 bits per heavy atom. The number of carbonyl (C=O) groups is 1. The van der Waals surface area contributed by atoms with Crippen LogP contribution in [0.25, 0.3) is 11.4 Å². The minimum absolute atomic E-state index is 0. The van der Waals surface area contributed by atoms with Crippen LogP contribution in [0.4, 0.5) is 0 Å². The van der Waals surface area contributed by atoms with Crippen molar-refractivity contribution in [1.82, 2.24) is 15.0 Å². The molecule has 1 aliphatic heterocycles. The van der Waals surface area contributed by atoms with Crippen LogP contribution in [0.5, 0.6) is 0 Å². The van der Waals surface area contributed by atoms with Crippen molar-refractivity contribution < 1.29 is 9.32 Å². The average Bonchev–Trinajstić information content (AvgIpc) is 3.05. The first-order valence-corrected chi connectivity index (χ1v) is 7.62. The van der Waals surface area contributed by atoms with E-state index in [-0.39, 0.29) is 30.8 Å². The van der Waals surface area contributed by atoms with E-state index < -0.39 is 0 Å². The first kappa shape index (κ1) is 17.7. The Hall–Kier alpha value is -1.63. The third-order valence-corrected chi connectivity index (χ3v) is 4.09. The zero-order valence-electron chi connectivity index (χ0n) is 12.4. The molecule has 1 aromatic carbocycles. The predicted molar refractivity (Wildman–Crippen MR) is 89.6 cm³/mol. The van der Waals surface area contributed by atoms with Gasteiger partial charge in [0.2, 0.25) is 17.6 Å². The van der Waals surface area contributed by atoms with E-state index in [0.29, 0.717) is 23.3 Å². The summed E-state index contributed by atoms with van der Waals surface area (Å²) in [5.74, 6) is 1.13. The van der Waals surface area contributed by atoms with E-state index >= 15 is 0 Å². The van der Waals surface area contributed by atoms with Gasteiger partial charge in [0.05, 0.1) is 12.5 Å². The summed E-state index contributed by atoms with van der Waals surface area (Å²) in [5.41, 5.74) is 6.28. The molecule has 1 saturated heterocycles. The Morgan fingerprint density at radius 2 is 2.13 bits per heavy atom. The van der Waals surface area contributed by atoms with Crippen LogP contribution >= 0.6 is 24.0 Å². The van der Waals surface area contributed by atoms with E-state index in [4.69, 9.17) is 21.9 Å². The Balaban J connectivity index is 0.00000192. The second kappa shape index (κ2) is 7.77. The van der Waals surface area contributed by atoms with Crippen LogP contribution in [-0.4, -0.2) is 40.6 Å². The van der Waals surface area contributed by atoms with Gasteiger partial charge in [-0.25, -0.2) is 0 Å². The Labute approximate surface area is 145 Å². The maximum Gasteiger partial charge on any atom is 0.236 e. The molecule has 2 N–H and O–H groups in total. The molecule has 0 bridgehead atoms. The third kappa shape index (κ3) is 4.02. The highest BCUT2D eigenvalue weighted by molar-refractivity contribution is 6.30. The number of aromatic nitrogens is 2. The number of likely N-dealkylation sites (tertiary alicyclic amines) is 1. The number of hydrogen-bond donors (Lipinski definition) is 1. The molecule has 0 aliphatic carbocycles. The fourth-order valence-electron chi connectivity index (χ4n) is 2.65. The van der Waals surface area contributed by atoms with E-state index in [2.05, 4.69) is 10.1 Å². The quantitative estimate of drug-likeness (QED) is 0.912. The molecule has 2 heterocycles. The average molecular weight is 357 g/mol. The van der Waals surface area contributed by atoms with Gasteiger partial charge in [-0.1, -0.05) is 16.8 Å². The van der Waals surface area contributed by atoms with Crippen molar-refractivity contribution in [2.75, 3.05) is 19.6 Å². The van der Waals surface area contributed by atoms with Crippen molar-refractivity contribution >= 4 is 29.9 Å². The number of rotatable bonds is 3. The van der Waals surface area contributed by atoms with E-state index in [1.807, 2.05) is 12.1 Å². The molecule has 124 valence electrons. The van der Waals surface area contributed by atoms with Crippen LogP contribution in [0.1, 0.15) is 24.7 Å². The molecular formula is C15H18Cl2N4O2. The number of nitrogens with two attached hydrogens (primary N) is 1. The second-order valence-corrected chi connectivity index (χ2v) is 5.78. The van der Waals surface area contributed by atoms with Crippen molar-refractivity contribution in [3.63, 3.8) is 0 Å². The van der Waals surface area contributed by atoms with Crippen LogP contribution in [0.15, 0.2) is 28.8 Å². The standard InChI is InChI=1S/C15H17ClN4O2.ClH/c16-12-5-3-10(4-6-12)14-18-15(22-19-14)11-2-1-7-20(9-11)13(21)8-17;/h3-6,11H,1-2,7-9,17H2;1H. The first-order valence-electron chi connectivity index (χ1n) is 7.25. The molecule has 6 nitrogen and oxygen atoms in total. The lowest BCUT2D eigenvalue weighted by Gasteiger charge is -2.30. The van der Waals surface area contributed by atoms with Gasteiger partial charge < -0.3 is 15.2 Å². The molecule has 0 spiro atoms. The van der Waals surface area contributed by atoms with Crippen molar-refractivity contribution in [1.29, 1.82) is 0 Å². The first-order chi connectivity index (χ1) is 10.7. The van der Waals surface area contributed by atoms with Gasteiger partial charge in [-0.3, -0.25) is 4.79 Å². The molecule has 2 aromatic rings. The van der Waals surface area contributed by atoms with Crippen molar-refractivity contribution in [3.8, 4) is 11.4 Å². The highest BCUT2D eigenvalue weighted by atomic mass is 35.5. The minimum Gasteiger partial charge on any atom is -0.341 e. The largest absolute Gasteiger partial charge is 0.341 e. The number of piperidine rings is 1. The van der Waals surface area contributed by atoms with Gasteiger partial charge in [-0.15, -0.1) is 12.4 Å². The summed E-state index contributed by atoms with van der Waals surface area (Å²) in [6, 6.07) is 7.27. The normalized spacial score (nSPS) is 17.7. The summed E-state index contributed by atoms with van der Waals surface area (Å²) in [4.78, 5) is 18.0. The highest BCUT2D eigenvalue weighted by Gasteiger charge is 2.28. The summed E-state index contributed by atoms with van der Waals surface area (Å²) in [6.45, 7) is 1.36. The topological polar surface area (TPSA) is 85.3 Å². The third-order valence-electron chi connectivity index (χ3n) is 3.84. The Morgan fingerprint density at radius 3 is 2.83 bits per heavy atom. The van der Waals surface area contributed by atoms with Gasteiger partial charge in [0, 0.05) is 23.7 Å². The molecule has 1 aliphatic rings. The summed E-state index contributed by atoms with van der Waals surface area (Å²) in [6.07, 6.45) is 1.84. The SMILES string of the molecule is Cl.NCC(=O)N1CCCC(c2nc(-c3ccc(Cl)cc3)no2)C1. The fraction of sp³-hybridized carbons (Fsp3) is 0.400. The Bertz CT molecular complexity index is 660. The Kier molecular flexibility index (Phi) is 5.98. The van der Waals surface area contributed by atoms with Gasteiger partial charge >= 0.3 is 0 Å². The zero-order valence-corrected chi connectivity index (χ0v) is 14.0. The molecular weight excluding hydrogens is 339 g/mol. The predicted octanol–water partition coefficient (Wildman–Crippen LogP) is 2.48. The van der Waals surface area contributed by atoms with Gasteiger partial charge in [0.25, 0.3) is 0 Å². The summed E-state index contributed by atoms with van der Waals surface area (Å²) in [7, 11) is 0. The molecule has 1 amide bonds. The van der Waals surface area contributed by atoms with Crippen LogP contribution in [0, 0.1) is 0 Å².